The van der Waals surface area contributed by atoms with Gasteiger partial charge in [-0.3, -0.25) is 0 Å². The molecule has 2 unspecified atom stereocenters. The monoisotopic (exact) mass is 249 g/mol. The van der Waals surface area contributed by atoms with Crippen molar-refractivity contribution < 1.29 is 9.47 Å². The maximum atomic E-state index is 6.32. The van der Waals surface area contributed by atoms with E-state index in [2.05, 4.69) is 19.9 Å². The van der Waals surface area contributed by atoms with E-state index in [9.17, 15) is 0 Å². The third-order valence-corrected chi connectivity index (χ3v) is 3.45. The molecular formula is C15H23NO2. The quantitative estimate of drug-likeness (QED) is 0.892. The molecule has 0 heterocycles. The maximum absolute atomic E-state index is 6.32. The summed E-state index contributed by atoms with van der Waals surface area (Å²) in [5, 5.41) is 0. The van der Waals surface area contributed by atoms with Crippen molar-refractivity contribution in [2.75, 3.05) is 13.7 Å². The lowest BCUT2D eigenvalue weighted by Gasteiger charge is -2.31. The fraction of sp³-hybridized carbons (Fsp3) is 0.600. The molecule has 0 spiro atoms. The number of rotatable bonds is 4. The topological polar surface area (TPSA) is 44.5 Å². The summed E-state index contributed by atoms with van der Waals surface area (Å²) in [6, 6.07) is 6.13. The summed E-state index contributed by atoms with van der Waals surface area (Å²) in [7, 11) is 1.68. The molecule has 2 N–H and O–H groups in total. The van der Waals surface area contributed by atoms with Crippen molar-refractivity contribution in [1.29, 1.82) is 0 Å². The number of hydrogen-bond acceptors (Lipinski definition) is 3. The van der Waals surface area contributed by atoms with Crippen molar-refractivity contribution in [1.82, 2.24) is 0 Å². The van der Waals surface area contributed by atoms with Crippen LogP contribution in [0.25, 0.3) is 0 Å². The van der Waals surface area contributed by atoms with Crippen LogP contribution in [0.2, 0.25) is 0 Å². The second-order valence-electron chi connectivity index (χ2n) is 5.39. The van der Waals surface area contributed by atoms with Gasteiger partial charge in [0.1, 0.15) is 5.75 Å². The number of methoxy groups -OCH3 is 1. The first-order chi connectivity index (χ1) is 8.61. The Labute approximate surface area is 109 Å². The van der Waals surface area contributed by atoms with Crippen LogP contribution >= 0.6 is 0 Å². The van der Waals surface area contributed by atoms with Crippen LogP contribution in [0.4, 0.5) is 0 Å². The van der Waals surface area contributed by atoms with E-state index in [1.165, 1.54) is 11.1 Å². The van der Waals surface area contributed by atoms with E-state index in [-0.39, 0.29) is 12.1 Å². The lowest BCUT2D eigenvalue weighted by molar-refractivity contribution is 0.0104. The summed E-state index contributed by atoms with van der Waals surface area (Å²) >= 11 is 0. The molecule has 0 aromatic heterocycles. The molecule has 1 aromatic carbocycles. The van der Waals surface area contributed by atoms with Crippen LogP contribution in [-0.2, 0) is 11.2 Å². The van der Waals surface area contributed by atoms with Crippen molar-refractivity contribution in [3.63, 3.8) is 0 Å². The van der Waals surface area contributed by atoms with Crippen LogP contribution in [0.3, 0.4) is 0 Å². The Hall–Kier alpha value is -1.06. The number of fused-ring (bicyclic) bond motifs is 1. The Morgan fingerprint density at radius 1 is 1.39 bits per heavy atom. The van der Waals surface area contributed by atoms with E-state index in [0.29, 0.717) is 5.92 Å². The lowest BCUT2D eigenvalue weighted by Crippen LogP contribution is -2.34. The molecule has 0 saturated heterocycles. The molecule has 0 fully saturated rings. The minimum Gasteiger partial charge on any atom is -0.497 e. The van der Waals surface area contributed by atoms with E-state index in [1.54, 1.807) is 7.11 Å². The van der Waals surface area contributed by atoms with Gasteiger partial charge in [-0.2, -0.15) is 0 Å². The fourth-order valence-corrected chi connectivity index (χ4v) is 2.42. The molecule has 2 atom stereocenters. The zero-order chi connectivity index (χ0) is 13.1. The highest BCUT2D eigenvalue weighted by atomic mass is 16.5. The molecule has 3 heteroatoms. The highest BCUT2D eigenvalue weighted by molar-refractivity contribution is 5.39. The van der Waals surface area contributed by atoms with Gasteiger partial charge in [-0.1, -0.05) is 19.9 Å². The first kappa shape index (κ1) is 13.4. The van der Waals surface area contributed by atoms with Crippen molar-refractivity contribution in [2.24, 2.45) is 11.7 Å². The van der Waals surface area contributed by atoms with Crippen LogP contribution < -0.4 is 10.5 Å². The largest absolute Gasteiger partial charge is 0.497 e. The Bertz CT molecular complexity index is 403. The zero-order valence-corrected chi connectivity index (χ0v) is 11.5. The molecule has 0 radical (unpaired) electrons. The van der Waals surface area contributed by atoms with Crippen molar-refractivity contribution in [2.45, 2.75) is 38.8 Å². The third-order valence-electron chi connectivity index (χ3n) is 3.45. The molecule has 3 nitrogen and oxygen atoms in total. The van der Waals surface area contributed by atoms with Gasteiger partial charge in [0, 0.05) is 6.61 Å². The maximum Gasteiger partial charge on any atom is 0.119 e. The zero-order valence-electron chi connectivity index (χ0n) is 11.5. The Morgan fingerprint density at radius 2 is 2.17 bits per heavy atom. The van der Waals surface area contributed by atoms with Crippen molar-refractivity contribution >= 4 is 0 Å². The summed E-state index contributed by atoms with van der Waals surface area (Å²) in [6.07, 6.45) is 2.18. The van der Waals surface area contributed by atoms with Crippen molar-refractivity contribution in [3.8, 4) is 5.75 Å². The number of aryl methyl sites for hydroxylation is 1. The van der Waals surface area contributed by atoms with Gasteiger partial charge < -0.3 is 15.2 Å². The SMILES string of the molecule is COc1ccc2c(c1)C(N)C(OCC(C)C)CC2. The average Bonchev–Trinajstić information content (AvgIpc) is 2.37. The number of hydrogen-bond donors (Lipinski definition) is 1. The molecule has 18 heavy (non-hydrogen) atoms. The molecular weight excluding hydrogens is 226 g/mol. The van der Waals surface area contributed by atoms with Crippen LogP contribution in [0.15, 0.2) is 18.2 Å². The molecule has 1 aliphatic carbocycles. The highest BCUT2D eigenvalue weighted by Crippen LogP contribution is 2.32. The average molecular weight is 249 g/mol. The summed E-state index contributed by atoms with van der Waals surface area (Å²) in [5.74, 6) is 1.41. The molecule has 0 amide bonds. The minimum absolute atomic E-state index is 0.0393. The lowest BCUT2D eigenvalue weighted by atomic mass is 9.86. The third kappa shape index (κ3) is 2.85. The molecule has 2 rings (SSSR count). The van der Waals surface area contributed by atoms with Gasteiger partial charge in [0.25, 0.3) is 0 Å². The molecule has 1 aromatic rings. The van der Waals surface area contributed by atoms with Gasteiger partial charge in [-0.05, 0) is 42.0 Å². The summed E-state index contributed by atoms with van der Waals surface area (Å²) in [6.45, 7) is 5.09. The van der Waals surface area contributed by atoms with E-state index in [1.807, 2.05) is 12.1 Å². The molecule has 0 aliphatic heterocycles. The number of ether oxygens (including phenoxy) is 2. The van der Waals surface area contributed by atoms with Crippen LogP contribution in [-0.4, -0.2) is 19.8 Å². The van der Waals surface area contributed by atoms with Crippen LogP contribution in [0, 0.1) is 5.92 Å². The first-order valence-electron chi connectivity index (χ1n) is 6.65. The van der Waals surface area contributed by atoms with Gasteiger partial charge in [-0.15, -0.1) is 0 Å². The van der Waals surface area contributed by atoms with Crippen molar-refractivity contribution in [3.05, 3.63) is 29.3 Å². The van der Waals surface area contributed by atoms with Gasteiger partial charge in [-0.25, -0.2) is 0 Å². The van der Waals surface area contributed by atoms with Gasteiger partial charge >= 0.3 is 0 Å². The molecule has 1 aliphatic rings. The Kier molecular flexibility index (Phi) is 4.25. The van der Waals surface area contributed by atoms with E-state index >= 15 is 0 Å². The first-order valence-corrected chi connectivity index (χ1v) is 6.65. The summed E-state index contributed by atoms with van der Waals surface area (Å²) in [4.78, 5) is 0. The van der Waals surface area contributed by atoms with Crippen LogP contribution in [0.1, 0.15) is 37.4 Å². The predicted molar refractivity (Wildman–Crippen MR) is 72.8 cm³/mol. The van der Waals surface area contributed by atoms with Gasteiger partial charge in [0.15, 0.2) is 0 Å². The van der Waals surface area contributed by atoms with Crippen LogP contribution in [0.5, 0.6) is 5.75 Å². The van der Waals surface area contributed by atoms with E-state index in [0.717, 1.165) is 25.2 Å². The number of nitrogens with two attached hydrogens (primary N) is 1. The second-order valence-corrected chi connectivity index (χ2v) is 5.39. The fourth-order valence-electron chi connectivity index (χ4n) is 2.42. The normalized spacial score (nSPS) is 22.9. The minimum atomic E-state index is -0.0393. The summed E-state index contributed by atoms with van der Waals surface area (Å²) < 4.78 is 11.2. The summed E-state index contributed by atoms with van der Waals surface area (Å²) in [5.41, 5.74) is 8.82. The predicted octanol–water partition coefficient (Wildman–Crippen LogP) is 2.68. The van der Waals surface area contributed by atoms with E-state index in [4.69, 9.17) is 15.2 Å². The molecule has 0 bridgehead atoms. The Morgan fingerprint density at radius 3 is 2.83 bits per heavy atom. The van der Waals surface area contributed by atoms with Gasteiger partial charge in [0.2, 0.25) is 0 Å². The van der Waals surface area contributed by atoms with Gasteiger partial charge in [0.05, 0.1) is 19.3 Å². The smallest absolute Gasteiger partial charge is 0.119 e. The molecule has 100 valence electrons. The standard InChI is InChI=1S/C15H23NO2/c1-10(2)9-18-14-7-5-11-4-6-12(17-3)8-13(11)15(14)16/h4,6,8,10,14-15H,5,7,9,16H2,1-3H3. The van der Waals surface area contributed by atoms with E-state index < -0.39 is 0 Å². The highest BCUT2D eigenvalue weighted by Gasteiger charge is 2.27. The Balaban J connectivity index is 2.13. The molecule has 0 saturated carbocycles. The number of benzene rings is 1. The second kappa shape index (κ2) is 5.72.